The molecule has 0 aromatic carbocycles. The van der Waals surface area contributed by atoms with E-state index in [2.05, 4.69) is 24.9 Å². The van der Waals surface area contributed by atoms with Crippen molar-refractivity contribution in [2.75, 3.05) is 13.1 Å². The lowest BCUT2D eigenvalue weighted by atomic mass is 10.1. The van der Waals surface area contributed by atoms with Gasteiger partial charge in [-0.25, -0.2) is 0 Å². The Hall–Kier alpha value is 0.310. The Morgan fingerprint density at radius 3 is 2.00 bits per heavy atom. The highest BCUT2D eigenvalue weighted by molar-refractivity contribution is 7.81. The van der Waals surface area contributed by atoms with Crippen molar-refractivity contribution in [1.82, 2.24) is 5.32 Å². The molecule has 0 atom stereocenters. The summed E-state index contributed by atoms with van der Waals surface area (Å²) in [5, 5.41) is 3.12. The molecule has 1 heterocycles. The second-order valence-electron chi connectivity index (χ2n) is 2.10. The molecule has 0 unspecified atom stereocenters. The van der Waals surface area contributed by atoms with Crippen LogP contribution in [0.2, 0.25) is 0 Å². The molecule has 0 amide bonds. The Morgan fingerprint density at radius 1 is 1.67 bits per heavy atom. The summed E-state index contributed by atoms with van der Waals surface area (Å²) < 4.78 is 0.306. The number of hydrogen-bond acceptors (Lipinski definition) is 2. The van der Waals surface area contributed by atoms with Crippen LogP contribution in [0.5, 0.6) is 0 Å². The predicted octanol–water partition coefficient (Wildman–Crippen LogP) is 0.278. The molecule has 1 aliphatic rings. The van der Waals surface area contributed by atoms with E-state index in [1.165, 1.54) is 0 Å². The fourth-order valence-electron chi connectivity index (χ4n) is 0.487. The van der Waals surface area contributed by atoms with E-state index < -0.39 is 0 Å². The van der Waals surface area contributed by atoms with Crippen molar-refractivity contribution in [1.29, 1.82) is 0 Å². The van der Waals surface area contributed by atoms with Gasteiger partial charge >= 0.3 is 0 Å². The normalized spacial score (nSPS) is 29.0. The van der Waals surface area contributed by atoms with Crippen LogP contribution < -0.4 is 5.32 Å². The Morgan fingerprint density at radius 2 is 2.00 bits per heavy atom. The summed E-state index contributed by atoms with van der Waals surface area (Å²) >= 11 is 4.28. The van der Waals surface area contributed by atoms with Crippen LogP contribution in [0.3, 0.4) is 0 Å². The minimum Gasteiger partial charge on any atom is -0.314 e. The standard InChI is InChI=1S/C4H9NS/c1-4(6)2-5-3-4/h5-6H,2-3H2,1H3. The summed E-state index contributed by atoms with van der Waals surface area (Å²) in [4.78, 5) is 0. The minimum absolute atomic E-state index is 0.306. The predicted molar refractivity (Wildman–Crippen MR) is 30.3 cm³/mol. The van der Waals surface area contributed by atoms with E-state index in [0.717, 1.165) is 13.1 Å². The number of rotatable bonds is 0. The minimum atomic E-state index is 0.306. The van der Waals surface area contributed by atoms with E-state index >= 15 is 0 Å². The van der Waals surface area contributed by atoms with Gasteiger partial charge in [-0.05, 0) is 6.92 Å². The largest absolute Gasteiger partial charge is 0.314 e. The maximum Gasteiger partial charge on any atom is 0.0350 e. The summed E-state index contributed by atoms with van der Waals surface area (Å²) in [7, 11) is 0. The van der Waals surface area contributed by atoms with Crippen LogP contribution in [0.15, 0.2) is 0 Å². The van der Waals surface area contributed by atoms with E-state index in [1.807, 2.05) is 0 Å². The molecule has 2 heteroatoms. The molecule has 1 nitrogen and oxygen atoms in total. The van der Waals surface area contributed by atoms with Gasteiger partial charge < -0.3 is 5.32 Å². The lowest BCUT2D eigenvalue weighted by Gasteiger charge is -2.33. The summed E-state index contributed by atoms with van der Waals surface area (Å²) in [6.07, 6.45) is 0. The first kappa shape index (κ1) is 4.47. The maximum atomic E-state index is 4.28. The van der Waals surface area contributed by atoms with E-state index in [9.17, 15) is 0 Å². The molecule has 1 rings (SSSR count). The van der Waals surface area contributed by atoms with E-state index in [4.69, 9.17) is 0 Å². The lowest BCUT2D eigenvalue weighted by molar-refractivity contribution is 0.425. The molecule has 0 spiro atoms. The maximum absolute atomic E-state index is 4.28. The molecule has 1 saturated heterocycles. The zero-order chi connectivity index (χ0) is 4.62. The molecular formula is C4H9NS. The third-order valence-electron chi connectivity index (χ3n) is 1.01. The van der Waals surface area contributed by atoms with E-state index in [-0.39, 0.29) is 0 Å². The molecule has 0 aromatic rings. The van der Waals surface area contributed by atoms with Crippen LogP contribution in [0, 0.1) is 0 Å². The zero-order valence-corrected chi connectivity index (χ0v) is 4.76. The monoisotopic (exact) mass is 103 g/mol. The first-order valence-corrected chi connectivity index (χ1v) is 2.59. The molecule has 0 aromatic heterocycles. The smallest absolute Gasteiger partial charge is 0.0350 e. The van der Waals surface area contributed by atoms with Crippen molar-refractivity contribution in [3.05, 3.63) is 0 Å². The lowest BCUT2D eigenvalue weighted by Crippen LogP contribution is -2.53. The Balaban J connectivity index is 2.31. The SMILES string of the molecule is CC1(S)CNC1. The van der Waals surface area contributed by atoms with Gasteiger partial charge in [-0.2, -0.15) is 12.6 Å². The van der Waals surface area contributed by atoms with Gasteiger partial charge in [0.2, 0.25) is 0 Å². The fraction of sp³-hybridized carbons (Fsp3) is 1.00. The summed E-state index contributed by atoms with van der Waals surface area (Å²) in [6, 6.07) is 0. The first-order valence-electron chi connectivity index (χ1n) is 2.14. The Labute approximate surface area is 43.5 Å². The highest BCUT2D eigenvalue weighted by atomic mass is 32.1. The molecular weight excluding hydrogens is 94.1 g/mol. The van der Waals surface area contributed by atoms with Gasteiger partial charge in [-0.3, -0.25) is 0 Å². The van der Waals surface area contributed by atoms with Crippen molar-refractivity contribution in [2.24, 2.45) is 0 Å². The van der Waals surface area contributed by atoms with Gasteiger partial charge in [0.1, 0.15) is 0 Å². The molecule has 0 radical (unpaired) electrons. The number of hydrogen-bond donors (Lipinski definition) is 2. The van der Waals surface area contributed by atoms with Crippen molar-refractivity contribution >= 4 is 12.6 Å². The Kier molecular flexibility index (Phi) is 0.848. The molecule has 1 fully saturated rings. The van der Waals surface area contributed by atoms with Crippen molar-refractivity contribution in [3.8, 4) is 0 Å². The van der Waals surface area contributed by atoms with Crippen LogP contribution in [0.1, 0.15) is 6.92 Å². The van der Waals surface area contributed by atoms with Crippen molar-refractivity contribution in [3.63, 3.8) is 0 Å². The first-order chi connectivity index (χ1) is 2.71. The molecule has 1 aliphatic heterocycles. The summed E-state index contributed by atoms with van der Waals surface area (Å²) in [5.74, 6) is 0. The summed E-state index contributed by atoms with van der Waals surface area (Å²) in [5.41, 5.74) is 0. The molecule has 0 aliphatic carbocycles. The molecule has 6 heavy (non-hydrogen) atoms. The highest BCUT2D eigenvalue weighted by Gasteiger charge is 2.25. The van der Waals surface area contributed by atoms with Crippen LogP contribution in [-0.4, -0.2) is 17.8 Å². The van der Waals surface area contributed by atoms with Crippen LogP contribution >= 0.6 is 12.6 Å². The van der Waals surface area contributed by atoms with Gasteiger partial charge in [-0.1, -0.05) is 0 Å². The molecule has 0 saturated carbocycles. The van der Waals surface area contributed by atoms with E-state index in [1.54, 1.807) is 0 Å². The van der Waals surface area contributed by atoms with Gasteiger partial charge in [-0.15, -0.1) is 0 Å². The van der Waals surface area contributed by atoms with E-state index in [0.29, 0.717) is 4.75 Å². The molecule has 0 bridgehead atoms. The summed E-state index contributed by atoms with van der Waals surface area (Å²) in [6.45, 7) is 4.26. The number of nitrogens with one attached hydrogen (secondary N) is 1. The fourth-order valence-corrected chi connectivity index (χ4v) is 0.710. The van der Waals surface area contributed by atoms with Crippen molar-refractivity contribution < 1.29 is 0 Å². The van der Waals surface area contributed by atoms with Gasteiger partial charge in [0.25, 0.3) is 0 Å². The Bertz CT molecular complexity index is 54.6. The van der Waals surface area contributed by atoms with Gasteiger partial charge in [0.15, 0.2) is 0 Å². The molecule has 1 N–H and O–H groups in total. The third-order valence-corrected chi connectivity index (χ3v) is 1.33. The molecule has 36 valence electrons. The highest BCUT2D eigenvalue weighted by Crippen LogP contribution is 2.16. The number of thiol groups is 1. The van der Waals surface area contributed by atoms with Crippen LogP contribution in [0.4, 0.5) is 0 Å². The topological polar surface area (TPSA) is 12.0 Å². The quantitative estimate of drug-likeness (QED) is 0.420. The van der Waals surface area contributed by atoms with Crippen LogP contribution in [0.25, 0.3) is 0 Å². The average molecular weight is 103 g/mol. The van der Waals surface area contributed by atoms with Gasteiger partial charge in [0.05, 0.1) is 0 Å². The van der Waals surface area contributed by atoms with Crippen LogP contribution in [-0.2, 0) is 0 Å². The third kappa shape index (κ3) is 0.684. The van der Waals surface area contributed by atoms with Gasteiger partial charge in [0, 0.05) is 17.8 Å². The van der Waals surface area contributed by atoms with Crippen molar-refractivity contribution in [2.45, 2.75) is 11.7 Å². The zero-order valence-electron chi connectivity index (χ0n) is 3.86. The average Bonchev–Trinajstić information content (AvgIpc) is 1.32. The second kappa shape index (κ2) is 1.14. The second-order valence-corrected chi connectivity index (χ2v) is 3.18.